The first-order chi connectivity index (χ1) is 24.9. The quantitative estimate of drug-likeness (QED) is 0.106. The van der Waals surface area contributed by atoms with E-state index in [1.807, 2.05) is 83.4 Å². The van der Waals surface area contributed by atoms with Crippen LogP contribution in [0.1, 0.15) is 50.7 Å². The molecule has 0 aliphatic carbocycles. The predicted octanol–water partition coefficient (Wildman–Crippen LogP) is 10.7. The molecule has 53 heavy (non-hydrogen) atoms. The molecule has 0 spiro atoms. The smallest absolute Gasteiger partial charge is 0.503 e. The summed E-state index contributed by atoms with van der Waals surface area (Å²) < 4.78 is 15.0. The zero-order valence-electron chi connectivity index (χ0n) is 29.3. The van der Waals surface area contributed by atoms with Gasteiger partial charge < -0.3 is 24.0 Å². The van der Waals surface area contributed by atoms with Crippen molar-refractivity contribution in [1.82, 2.24) is 24.5 Å². The average molecular weight is 877 g/mol. The van der Waals surface area contributed by atoms with E-state index < -0.39 is 0 Å². The van der Waals surface area contributed by atoms with Gasteiger partial charge in [0.1, 0.15) is 0 Å². The molecule has 4 heterocycles. The summed E-state index contributed by atoms with van der Waals surface area (Å²) in [5, 5.41) is 2.11. The number of nitrogens with zero attached hydrogens (tertiary/aromatic N) is 5. The third kappa shape index (κ3) is 7.72. The number of rotatable bonds is 9. The maximum Gasteiger partial charge on any atom is 2.00 e. The normalized spacial score (nSPS) is 11.1. The molecular formula is C44H33N5O2Pd2. The Balaban J connectivity index is 0.00000240. The second-order valence-corrected chi connectivity index (χ2v) is 12.8. The molecule has 8 rings (SSSR count). The fourth-order valence-corrected chi connectivity index (χ4v) is 6.33. The third-order valence-corrected chi connectivity index (χ3v) is 8.66. The summed E-state index contributed by atoms with van der Waals surface area (Å²) >= 11 is 0. The maximum atomic E-state index is 6.52. The van der Waals surface area contributed by atoms with Crippen molar-refractivity contribution in [2.24, 2.45) is 0 Å². The molecule has 4 aromatic carbocycles. The molecule has 0 aliphatic rings. The van der Waals surface area contributed by atoms with Gasteiger partial charge in [0, 0.05) is 47.8 Å². The molecule has 7 nitrogen and oxygen atoms in total. The molecule has 0 fully saturated rings. The van der Waals surface area contributed by atoms with Crippen molar-refractivity contribution >= 4 is 21.8 Å². The molecule has 0 unspecified atom stereocenters. The number of aromatic nitrogens is 5. The van der Waals surface area contributed by atoms with Gasteiger partial charge in [-0.2, -0.15) is 21.9 Å². The first-order valence-electron chi connectivity index (χ1n) is 16.9. The third-order valence-electron chi connectivity index (χ3n) is 8.66. The van der Waals surface area contributed by atoms with Crippen LogP contribution in [0.15, 0.2) is 116 Å². The standard InChI is InChI=1S/C44H33N5O2.2Pd/c1-28(2)36-24-34(50-32-14-9-12-30(22-32)38-16-5-7-18-45-38)26-40-42(36)43-37(29(3)4)25-35(27-41(43)49(40)44-47-20-11-21-48-44)51-33-15-10-13-31(23-33)39-17-6-8-19-46-39;;/h5-21,24-25,28-29H,1-4H3;;/q-4;2*+2. The minimum atomic E-state index is 0. The van der Waals surface area contributed by atoms with E-state index in [-0.39, 0.29) is 52.7 Å². The fourth-order valence-electron chi connectivity index (χ4n) is 6.33. The van der Waals surface area contributed by atoms with Crippen LogP contribution in [0, 0.1) is 24.3 Å². The van der Waals surface area contributed by atoms with Crippen LogP contribution in [0.25, 0.3) is 50.3 Å². The largest absolute Gasteiger partial charge is 2.00 e. The van der Waals surface area contributed by atoms with Crippen LogP contribution in [-0.4, -0.2) is 24.5 Å². The number of benzene rings is 4. The summed E-state index contributed by atoms with van der Waals surface area (Å²) in [6.07, 6.45) is 7.02. The van der Waals surface area contributed by atoms with E-state index in [4.69, 9.17) is 19.4 Å². The first kappa shape index (κ1) is 37.7. The molecule has 0 saturated carbocycles. The number of pyridine rings is 2. The van der Waals surface area contributed by atoms with E-state index in [1.54, 1.807) is 24.8 Å². The van der Waals surface area contributed by atoms with Crippen LogP contribution in [0.2, 0.25) is 0 Å². The zero-order chi connectivity index (χ0) is 34.9. The Morgan fingerprint density at radius 1 is 0.491 bits per heavy atom. The summed E-state index contributed by atoms with van der Waals surface area (Å²) in [7, 11) is 0. The van der Waals surface area contributed by atoms with E-state index in [9.17, 15) is 0 Å². The molecule has 4 aromatic heterocycles. The second kappa shape index (κ2) is 16.3. The Bertz CT molecular complexity index is 2330. The Morgan fingerprint density at radius 2 is 0.943 bits per heavy atom. The minimum Gasteiger partial charge on any atom is -0.503 e. The summed E-state index contributed by atoms with van der Waals surface area (Å²) in [6.45, 7) is 8.76. The Morgan fingerprint density at radius 3 is 1.36 bits per heavy atom. The summed E-state index contributed by atoms with van der Waals surface area (Å²) in [5.74, 6) is 3.06. The fraction of sp³-hybridized carbons (Fsp3) is 0.136. The first-order valence-corrected chi connectivity index (χ1v) is 16.9. The van der Waals surface area contributed by atoms with E-state index in [0.717, 1.165) is 55.4 Å². The Hall–Kier alpha value is -5.02. The number of hydrogen-bond donors (Lipinski definition) is 0. The maximum absolute atomic E-state index is 6.52. The van der Waals surface area contributed by atoms with Crippen molar-refractivity contribution in [3.8, 4) is 51.5 Å². The Labute approximate surface area is 336 Å². The van der Waals surface area contributed by atoms with Crippen LogP contribution < -0.4 is 9.47 Å². The van der Waals surface area contributed by atoms with Gasteiger partial charge in [0.15, 0.2) is 0 Å². The van der Waals surface area contributed by atoms with Crippen molar-refractivity contribution in [1.29, 1.82) is 0 Å². The van der Waals surface area contributed by atoms with E-state index in [0.29, 0.717) is 28.9 Å². The van der Waals surface area contributed by atoms with Crippen LogP contribution in [0.3, 0.4) is 0 Å². The molecule has 0 bridgehead atoms. The molecule has 9 heteroatoms. The number of ether oxygens (including phenoxy) is 2. The second-order valence-electron chi connectivity index (χ2n) is 12.8. The molecular weight excluding hydrogens is 843 g/mol. The van der Waals surface area contributed by atoms with Gasteiger partial charge in [0.05, 0.1) is 0 Å². The molecule has 0 amide bonds. The van der Waals surface area contributed by atoms with E-state index in [2.05, 4.69) is 74.1 Å². The van der Waals surface area contributed by atoms with Gasteiger partial charge in [0.2, 0.25) is 5.95 Å². The van der Waals surface area contributed by atoms with E-state index >= 15 is 0 Å². The van der Waals surface area contributed by atoms with Gasteiger partial charge >= 0.3 is 40.8 Å². The molecule has 0 radical (unpaired) electrons. The Kier molecular flexibility index (Phi) is 11.6. The summed E-state index contributed by atoms with van der Waals surface area (Å²) in [4.78, 5) is 18.4. The molecule has 0 saturated heterocycles. The molecule has 0 aliphatic heterocycles. The molecule has 0 N–H and O–H groups in total. The van der Waals surface area contributed by atoms with Crippen LogP contribution >= 0.6 is 0 Å². The van der Waals surface area contributed by atoms with Crippen molar-refractivity contribution in [3.63, 3.8) is 0 Å². The van der Waals surface area contributed by atoms with Gasteiger partial charge in [-0.15, -0.1) is 71.8 Å². The topological polar surface area (TPSA) is 75.0 Å². The van der Waals surface area contributed by atoms with Crippen molar-refractivity contribution < 1.29 is 50.3 Å². The van der Waals surface area contributed by atoms with Gasteiger partial charge in [0.25, 0.3) is 0 Å². The van der Waals surface area contributed by atoms with Gasteiger partial charge in [-0.3, -0.25) is 0 Å². The van der Waals surface area contributed by atoms with Crippen LogP contribution in [0.5, 0.6) is 23.0 Å². The summed E-state index contributed by atoms with van der Waals surface area (Å²) in [6, 6.07) is 43.2. The van der Waals surface area contributed by atoms with Crippen LogP contribution in [-0.2, 0) is 40.8 Å². The molecule has 266 valence electrons. The van der Waals surface area contributed by atoms with E-state index in [1.165, 1.54) is 0 Å². The predicted molar refractivity (Wildman–Crippen MR) is 199 cm³/mol. The van der Waals surface area contributed by atoms with Crippen molar-refractivity contribution in [2.45, 2.75) is 39.5 Å². The van der Waals surface area contributed by atoms with Crippen molar-refractivity contribution in [2.75, 3.05) is 0 Å². The molecule has 8 aromatic rings. The van der Waals surface area contributed by atoms with Gasteiger partial charge in [-0.1, -0.05) is 75.1 Å². The van der Waals surface area contributed by atoms with Crippen molar-refractivity contribution in [3.05, 3.63) is 151 Å². The van der Waals surface area contributed by atoms with Crippen LogP contribution in [0.4, 0.5) is 0 Å². The zero-order valence-corrected chi connectivity index (χ0v) is 32.4. The number of hydrogen-bond acceptors (Lipinski definition) is 6. The average Bonchev–Trinajstić information content (AvgIpc) is 3.49. The SMILES string of the molecule is CC(C)c1cc(Oc2[c-]c(-c3ccccn3)ccc2)[c-]c2c1c1c(C(C)C)cc(Oc3[c-]c(-c4ccccn4)ccc3)[c-]c1n2-c1ncccn1.[Pd+2].[Pd+2]. The summed E-state index contributed by atoms with van der Waals surface area (Å²) in [5.41, 5.74) is 7.13. The van der Waals surface area contributed by atoms with Gasteiger partial charge in [-0.05, 0) is 41.4 Å². The monoisotopic (exact) mass is 875 g/mol. The molecule has 0 atom stereocenters. The minimum absolute atomic E-state index is 0. The number of fused-ring (bicyclic) bond motifs is 3. The van der Waals surface area contributed by atoms with Gasteiger partial charge in [-0.25, -0.2) is 9.97 Å².